The fourth-order valence-corrected chi connectivity index (χ4v) is 3.78. The Kier molecular flexibility index (Phi) is 5.82. The Morgan fingerprint density at radius 2 is 1.88 bits per heavy atom. The van der Waals surface area contributed by atoms with Gasteiger partial charge in [-0.05, 0) is 11.4 Å². The molecule has 7 heteroatoms. The molecule has 2 heterocycles. The molecule has 3 rings (SSSR count). The lowest BCUT2D eigenvalue weighted by molar-refractivity contribution is -0.140. The molecule has 0 radical (unpaired) electrons. The molecule has 1 aliphatic heterocycles. The van der Waals surface area contributed by atoms with Crippen molar-refractivity contribution in [3.63, 3.8) is 0 Å². The van der Waals surface area contributed by atoms with Crippen LogP contribution in [0, 0.1) is 0 Å². The predicted octanol–water partition coefficient (Wildman–Crippen LogP) is 2.18. The van der Waals surface area contributed by atoms with Crippen molar-refractivity contribution < 1.29 is 24.5 Å². The molecule has 1 atom stereocenters. The first-order valence-electron chi connectivity index (χ1n) is 8.21. The van der Waals surface area contributed by atoms with Crippen molar-refractivity contribution in [1.82, 2.24) is 4.90 Å². The lowest BCUT2D eigenvalue weighted by Gasteiger charge is -2.23. The molecule has 1 aliphatic rings. The van der Waals surface area contributed by atoms with Crippen LogP contribution in [0.1, 0.15) is 16.5 Å². The van der Waals surface area contributed by atoms with Gasteiger partial charge in [0.1, 0.15) is 5.76 Å². The number of likely N-dealkylation sites (tertiary alicyclic amines) is 1. The zero-order valence-corrected chi connectivity index (χ0v) is 14.8. The van der Waals surface area contributed by atoms with E-state index in [0.717, 1.165) is 4.88 Å². The summed E-state index contributed by atoms with van der Waals surface area (Å²) in [7, 11) is 0. The first kappa shape index (κ1) is 18.3. The van der Waals surface area contributed by atoms with Gasteiger partial charge >= 0.3 is 0 Å². The Morgan fingerprint density at radius 1 is 1.12 bits per heavy atom. The normalized spacial score (nSPS) is 19.3. The fraction of sp³-hybridized carbons (Fsp3) is 0.263. The van der Waals surface area contributed by atoms with Crippen molar-refractivity contribution in [2.75, 3.05) is 26.4 Å². The Bertz CT molecular complexity index is 801. The smallest absolute Gasteiger partial charge is 0.295 e. The number of amides is 1. The minimum Gasteiger partial charge on any atom is -0.507 e. The summed E-state index contributed by atoms with van der Waals surface area (Å²) >= 11 is 1.42. The van der Waals surface area contributed by atoms with Gasteiger partial charge in [0, 0.05) is 17.0 Å². The topological polar surface area (TPSA) is 87.1 Å². The number of nitrogens with zero attached hydrogens (tertiary/aromatic N) is 1. The summed E-state index contributed by atoms with van der Waals surface area (Å²) in [5.74, 6) is -1.54. The van der Waals surface area contributed by atoms with Crippen LogP contribution in [-0.4, -0.2) is 53.2 Å². The second kappa shape index (κ2) is 8.27. The second-order valence-corrected chi connectivity index (χ2v) is 6.69. The lowest BCUT2D eigenvalue weighted by Crippen LogP contribution is -2.32. The van der Waals surface area contributed by atoms with Crippen LogP contribution in [0.25, 0.3) is 5.76 Å². The summed E-state index contributed by atoms with van der Waals surface area (Å²) in [5, 5.41) is 21.4. The number of thiophene rings is 1. The van der Waals surface area contributed by atoms with E-state index in [-0.39, 0.29) is 37.7 Å². The van der Waals surface area contributed by atoms with E-state index in [1.807, 2.05) is 23.6 Å². The maximum Gasteiger partial charge on any atom is 0.295 e. The lowest BCUT2D eigenvalue weighted by atomic mass is 10.00. The third kappa shape index (κ3) is 3.55. The number of hydrogen-bond donors (Lipinski definition) is 2. The number of carbonyl (C=O) groups is 2. The molecule has 0 saturated carbocycles. The number of hydrogen-bond acceptors (Lipinski definition) is 6. The zero-order valence-electron chi connectivity index (χ0n) is 14.0. The molecular formula is C19H19NO5S. The van der Waals surface area contributed by atoms with Gasteiger partial charge in [0.05, 0.1) is 31.4 Å². The van der Waals surface area contributed by atoms with Crippen molar-refractivity contribution in [2.45, 2.75) is 6.04 Å². The summed E-state index contributed by atoms with van der Waals surface area (Å²) in [6.07, 6.45) is 0. The van der Waals surface area contributed by atoms with Crippen molar-refractivity contribution in [1.29, 1.82) is 0 Å². The molecule has 6 nitrogen and oxygen atoms in total. The average molecular weight is 373 g/mol. The third-order valence-corrected chi connectivity index (χ3v) is 5.04. The predicted molar refractivity (Wildman–Crippen MR) is 97.7 cm³/mol. The van der Waals surface area contributed by atoms with E-state index < -0.39 is 17.7 Å². The number of Topliss-reactive ketones (excluding diaryl/α,β-unsaturated/α-hetero) is 1. The monoisotopic (exact) mass is 373 g/mol. The van der Waals surface area contributed by atoms with Crippen molar-refractivity contribution >= 4 is 28.8 Å². The Labute approximate surface area is 155 Å². The van der Waals surface area contributed by atoms with Gasteiger partial charge in [0.2, 0.25) is 0 Å². The number of aliphatic hydroxyl groups is 2. The average Bonchev–Trinajstić information content (AvgIpc) is 3.27. The highest BCUT2D eigenvalue weighted by molar-refractivity contribution is 7.10. The minimum atomic E-state index is -0.702. The molecule has 0 aliphatic carbocycles. The van der Waals surface area contributed by atoms with Gasteiger partial charge in [0.25, 0.3) is 11.7 Å². The summed E-state index contributed by atoms with van der Waals surface area (Å²) < 4.78 is 5.24. The van der Waals surface area contributed by atoms with Crippen LogP contribution in [0.4, 0.5) is 0 Å². The molecule has 2 aromatic rings. The van der Waals surface area contributed by atoms with Crippen molar-refractivity contribution in [2.24, 2.45) is 0 Å². The highest BCUT2D eigenvalue weighted by atomic mass is 32.1. The number of benzene rings is 1. The van der Waals surface area contributed by atoms with Crippen LogP contribution in [0.5, 0.6) is 0 Å². The Balaban J connectivity index is 2.00. The first-order chi connectivity index (χ1) is 12.6. The van der Waals surface area contributed by atoms with Crippen LogP contribution in [0.3, 0.4) is 0 Å². The molecule has 1 saturated heterocycles. The molecular weight excluding hydrogens is 354 g/mol. The Hall–Kier alpha value is -2.48. The molecule has 1 amide bonds. The largest absolute Gasteiger partial charge is 0.507 e. The minimum absolute atomic E-state index is 0.0887. The van der Waals surface area contributed by atoms with E-state index in [1.165, 1.54) is 16.2 Å². The maximum atomic E-state index is 12.6. The highest BCUT2D eigenvalue weighted by Crippen LogP contribution is 2.40. The van der Waals surface area contributed by atoms with Gasteiger partial charge in [-0.25, -0.2) is 0 Å². The SMILES string of the molecule is O=C1C(=O)N(CCOCCO)C(c2cccs2)C1=C(O)c1ccccc1. The summed E-state index contributed by atoms with van der Waals surface area (Å²) in [4.78, 5) is 27.4. The van der Waals surface area contributed by atoms with E-state index in [9.17, 15) is 14.7 Å². The van der Waals surface area contributed by atoms with Crippen LogP contribution in [0.15, 0.2) is 53.4 Å². The summed E-state index contributed by atoms with van der Waals surface area (Å²) in [6, 6.07) is 11.7. The molecule has 1 fully saturated rings. The standard InChI is InChI=1S/C19H19NO5S/c21-9-11-25-10-8-20-16(14-7-4-12-26-14)15(18(23)19(20)24)17(22)13-5-2-1-3-6-13/h1-7,12,16,21-22H,8-11H2. The summed E-state index contributed by atoms with van der Waals surface area (Å²) in [6.45, 7) is 0.443. The van der Waals surface area contributed by atoms with Crippen LogP contribution in [-0.2, 0) is 14.3 Å². The quantitative estimate of drug-likeness (QED) is 0.336. The van der Waals surface area contributed by atoms with Gasteiger partial charge in [-0.1, -0.05) is 36.4 Å². The first-order valence-corrected chi connectivity index (χ1v) is 9.09. The molecule has 26 heavy (non-hydrogen) atoms. The fourth-order valence-electron chi connectivity index (χ4n) is 2.93. The summed E-state index contributed by atoms with van der Waals surface area (Å²) in [5.41, 5.74) is 0.578. The van der Waals surface area contributed by atoms with Gasteiger partial charge < -0.3 is 19.8 Å². The van der Waals surface area contributed by atoms with Crippen molar-refractivity contribution in [3.8, 4) is 0 Å². The van der Waals surface area contributed by atoms with E-state index in [4.69, 9.17) is 9.84 Å². The van der Waals surface area contributed by atoms with Crippen molar-refractivity contribution in [3.05, 3.63) is 63.9 Å². The second-order valence-electron chi connectivity index (χ2n) is 5.71. The van der Waals surface area contributed by atoms with E-state index in [0.29, 0.717) is 5.56 Å². The van der Waals surface area contributed by atoms with Crippen LogP contribution >= 0.6 is 11.3 Å². The number of carbonyl (C=O) groups excluding carboxylic acids is 2. The van der Waals surface area contributed by atoms with Crippen LogP contribution in [0.2, 0.25) is 0 Å². The number of aliphatic hydroxyl groups excluding tert-OH is 2. The number of ketones is 1. The van der Waals surface area contributed by atoms with E-state index in [1.54, 1.807) is 24.3 Å². The zero-order chi connectivity index (χ0) is 18.5. The van der Waals surface area contributed by atoms with E-state index in [2.05, 4.69) is 0 Å². The number of rotatable bonds is 7. The molecule has 1 aromatic carbocycles. The molecule has 1 unspecified atom stereocenters. The van der Waals surface area contributed by atoms with Crippen LogP contribution < -0.4 is 0 Å². The van der Waals surface area contributed by atoms with Gasteiger partial charge in [-0.15, -0.1) is 11.3 Å². The highest BCUT2D eigenvalue weighted by Gasteiger charge is 2.46. The third-order valence-electron chi connectivity index (χ3n) is 4.11. The Morgan fingerprint density at radius 3 is 2.54 bits per heavy atom. The molecule has 0 bridgehead atoms. The molecule has 136 valence electrons. The van der Waals surface area contributed by atoms with Gasteiger partial charge in [-0.2, -0.15) is 0 Å². The maximum absolute atomic E-state index is 12.6. The van der Waals surface area contributed by atoms with Gasteiger partial charge in [0.15, 0.2) is 0 Å². The van der Waals surface area contributed by atoms with E-state index >= 15 is 0 Å². The van der Waals surface area contributed by atoms with Gasteiger partial charge in [-0.3, -0.25) is 9.59 Å². The molecule has 0 spiro atoms. The number of ether oxygens (including phenoxy) is 1. The molecule has 2 N–H and O–H groups in total. The molecule has 1 aromatic heterocycles.